The van der Waals surface area contributed by atoms with Crippen molar-refractivity contribution in [1.82, 2.24) is 0 Å². The molecule has 0 saturated carbocycles. The van der Waals surface area contributed by atoms with Gasteiger partial charge in [-0.1, -0.05) is 12.1 Å². The number of nitro groups is 1. The Hall–Kier alpha value is -2.47. The molecular formula is C13H10N2O3S. The Bertz CT molecular complexity index is 621. The van der Waals surface area contributed by atoms with Crippen molar-refractivity contribution in [3.8, 4) is 0 Å². The van der Waals surface area contributed by atoms with Crippen LogP contribution < -0.4 is 5.32 Å². The van der Waals surface area contributed by atoms with Gasteiger partial charge in [0.15, 0.2) is 0 Å². The van der Waals surface area contributed by atoms with Crippen molar-refractivity contribution in [2.45, 2.75) is 0 Å². The molecule has 5 nitrogen and oxygen atoms in total. The zero-order valence-corrected chi connectivity index (χ0v) is 10.6. The van der Waals surface area contributed by atoms with Crippen LogP contribution in [0.5, 0.6) is 0 Å². The Morgan fingerprint density at radius 1 is 1.32 bits per heavy atom. The van der Waals surface area contributed by atoms with Gasteiger partial charge in [-0.2, -0.15) is 11.3 Å². The molecule has 2 rings (SSSR count). The zero-order valence-electron chi connectivity index (χ0n) is 9.78. The minimum Gasteiger partial charge on any atom is -0.317 e. The van der Waals surface area contributed by atoms with Crippen LogP contribution in [0.4, 0.5) is 11.4 Å². The second-order valence-electron chi connectivity index (χ2n) is 3.65. The third-order valence-electron chi connectivity index (χ3n) is 2.33. The number of amides is 1. The monoisotopic (exact) mass is 274 g/mol. The molecule has 0 radical (unpaired) electrons. The van der Waals surface area contributed by atoms with Crippen molar-refractivity contribution in [2.24, 2.45) is 0 Å². The normalized spacial score (nSPS) is 10.5. The third-order valence-corrected chi connectivity index (χ3v) is 3.03. The number of carbonyl (C=O) groups excluding carboxylic acids is 1. The molecule has 0 aliphatic carbocycles. The highest BCUT2D eigenvalue weighted by Crippen LogP contribution is 2.23. The molecule has 0 unspecified atom stereocenters. The highest BCUT2D eigenvalue weighted by molar-refractivity contribution is 7.08. The number of carbonyl (C=O) groups is 1. The highest BCUT2D eigenvalue weighted by Gasteiger charge is 2.13. The van der Waals surface area contributed by atoms with Gasteiger partial charge in [-0.15, -0.1) is 0 Å². The predicted octanol–water partition coefficient (Wildman–Crippen LogP) is 3.31. The SMILES string of the molecule is O=C(/C=C/c1ccsc1)Nc1ccccc1[N+](=O)[O-]. The van der Waals surface area contributed by atoms with E-state index in [1.807, 2.05) is 16.8 Å². The topological polar surface area (TPSA) is 72.2 Å². The lowest BCUT2D eigenvalue weighted by Crippen LogP contribution is -2.09. The molecule has 2 aromatic rings. The number of benzene rings is 1. The standard InChI is InChI=1S/C13H10N2O3S/c16-13(6-5-10-7-8-19-9-10)14-11-3-1-2-4-12(11)15(17)18/h1-9H,(H,14,16)/b6-5+. The summed E-state index contributed by atoms with van der Waals surface area (Å²) in [6, 6.07) is 7.90. The van der Waals surface area contributed by atoms with Crippen LogP contribution in [0, 0.1) is 10.1 Å². The number of nitrogens with one attached hydrogen (secondary N) is 1. The lowest BCUT2D eigenvalue weighted by molar-refractivity contribution is -0.383. The lowest BCUT2D eigenvalue weighted by Gasteiger charge is -2.02. The first-order valence-electron chi connectivity index (χ1n) is 5.41. The quantitative estimate of drug-likeness (QED) is 0.528. The van der Waals surface area contributed by atoms with E-state index in [0.29, 0.717) is 0 Å². The summed E-state index contributed by atoms with van der Waals surface area (Å²) < 4.78 is 0. The predicted molar refractivity (Wildman–Crippen MR) is 75.1 cm³/mol. The Kier molecular flexibility index (Phi) is 4.04. The number of rotatable bonds is 4. The third kappa shape index (κ3) is 3.49. The minimum atomic E-state index is -0.530. The summed E-state index contributed by atoms with van der Waals surface area (Å²) in [4.78, 5) is 21.9. The second kappa shape index (κ2) is 5.92. The molecule has 1 heterocycles. The van der Waals surface area contributed by atoms with Crippen molar-refractivity contribution >= 4 is 34.7 Å². The Morgan fingerprint density at radius 2 is 2.11 bits per heavy atom. The number of nitro benzene ring substituents is 1. The molecule has 19 heavy (non-hydrogen) atoms. The first-order valence-corrected chi connectivity index (χ1v) is 6.36. The average Bonchev–Trinajstić information content (AvgIpc) is 2.90. The molecule has 1 aromatic heterocycles. The molecular weight excluding hydrogens is 264 g/mol. The van der Waals surface area contributed by atoms with Gasteiger partial charge in [0.2, 0.25) is 5.91 Å². The van der Waals surface area contributed by atoms with Gasteiger partial charge >= 0.3 is 0 Å². The molecule has 1 aromatic carbocycles. The summed E-state index contributed by atoms with van der Waals surface area (Å²) in [5.41, 5.74) is 0.981. The average molecular weight is 274 g/mol. The van der Waals surface area contributed by atoms with Gasteiger partial charge in [0.1, 0.15) is 5.69 Å². The van der Waals surface area contributed by atoms with Crippen LogP contribution in [0.3, 0.4) is 0 Å². The Balaban J connectivity index is 2.09. The van der Waals surface area contributed by atoms with E-state index in [2.05, 4.69) is 5.32 Å². The molecule has 0 spiro atoms. The number of nitrogens with zero attached hydrogens (tertiary/aromatic N) is 1. The van der Waals surface area contributed by atoms with Crippen molar-refractivity contribution in [3.63, 3.8) is 0 Å². The fourth-order valence-electron chi connectivity index (χ4n) is 1.45. The van der Waals surface area contributed by atoms with Gasteiger partial charge in [0.05, 0.1) is 4.92 Å². The summed E-state index contributed by atoms with van der Waals surface area (Å²) in [5, 5.41) is 17.1. The van der Waals surface area contributed by atoms with Crippen molar-refractivity contribution in [3.05, 3.63) is 62.8 Å². The summed E-state index contributed by atoms with van der Waals surface area (Å²) in [7, 11) is 0. The molecule has 0 bridgehead atoms. The lowest BCUT2D eigenvalue weighted by atomic mass is 10.2. The van der Waals surface area contributed by atoms with E-state index in [1.54, 1.807) is 18.2 Å². The van der Waals surface area contributed by atoms with Crippen LogP contribution in [0.25, 0.3) is 6.08 Å². The van der Waals surface area contributed by atoms with Gasteiger partial charge in [-0.3, -0.25) is 14.9 Å². The smallest absolute Gasteiger partial charge is 0.292 e. The Labute approximate surface area is 113 Å². The second-order valence-corrected chi connectivity index (χ2v) is 4.43. The summed E-state index contributed by atoms with van der Waals surface area (Å²) in [6.07, 6.45) is 3.00. The maximum absolute atomic E-state index is 11.7. The number of anilines is 1. The Morgan fingerprint density at radius 3 is 2.79 bits per heavy atom. The van der Waals surface area contributed by atoms with E-state index >= 15 is 0 Å². The van der Waals surface area contributed by atoms with E-state index in [-0.39, 0.29) is 11.4 Å². The maximum atomic E-state index is 11.7. The zero-order chi connectivity index (χ0) is 13.7. The number of hydrogen-bond acceptors (Lipinski definition) is 4. The maximum Gasteiger partial charge on any atom is 0.292 e. The number of thiophene rings is 1. The van der Waals surface area contributed by atoms with Crippen LogP contribution >= 0.6 is 11.3 Å². The van der Waals surface area contributed by atoms with Gasteiger partial charge < -0.3 is 5.32 Å². The van der Waals surface area contributed by atoms with Crippen LogP contribution in [0.15, 0.2) is 47.2 Å². The van der Waals surface area contributed by atoms with Crippen molar-refractivity contribution < 1.29 is 9.72 Å². The van der Waals surface area contributed by atoms with Gasteiger partial charge in [-0.25, -0.2) is 0 Å². The number of para-hydroxylation sites is 2. The molecule has 1 amide bonds. The number of hydrogen-bond donors (Lipinski definition) is 1. The fourth-order valence-corrected chi connectivity index (χ4v) is 2.08. The van der Waals surface area contributed by atoms with Crippen LogP contribution in [-0.4, -0.2) is 10.8 Å². The molecule has 96 valence electrons. The summed E-state index contributed by atoms with van der Waals surface area (Å²) >= 11 is 1.53. The van der Waals surface area contributed by atoms with Gasteiger partial charge in [-0.05, 0) is 34.5 Å². The first-order chi connectivity index (χ1) is 9.16. The van der Waals surface area contributed by atoms with E-state index in [0.717, 1.165) is 5.56 Å². The molecule has 0 saturated heterocycles. The largest absolute Gasteiger partial charge is 0.317 e. The van der Waals surface area contributed by atoms with E-state index in [1.165, 1.54) is 29.5 Å². The fraction of sp³-hybridized carbons (Fsp3) is 0. The van der Waals surface area contributed by atoms with E-state index in [9.17, 15) is 14.9 Å². The van der Waals surface area contributed by atoms with Crippen molar-refractivity contribution in [2.75, 3.05) is 5.32 Å². The summed E-state index contributed by atoms with van der Waals surface area (Å²) in [5.74, 6) is -0.402. The van der Waals surface area contributed by atoms with E-state index < -0.39 is 10.8 Å². The van der Waals surface area contributed by atoms with Crippen LogP contribution in [0.1, 0.15) is 5.56 Å². The molecule has 0 aliphatic heterocycles. The molecule has 0 aliphatic rings. The molecule has 0 fully saturated rings. The molecule has 1 N–H and O–H groups in total. The summed E-state index contributed by atoms with van der Waals surface area (Å²) in [6.45, 7) is 0. The molecule has 6 heteroatoms. The van der Waals surface area contributed by atoms with Gasteiger partial charge in [0, 0.05) is 12.1 Å². The van der Waals surface area contributed by atoms with Crippen LogP contribution in [0.2, 0.25) is 0 Å². The van der Waals surface area contributed by atoms with E-state index in [4.69, 9.17) is 0 Å². The van der Waals surface area contributed by atoms with Gasteiger partial charge in [0.25, 0.3) is 5.69 Å². The molecule has 0 atom stereocenters. The van der Waals surface area contributed by atoms with Crippen LogP contribution in [-0.2, 0) is 4.79 Å². The first kappa shape index (κ1) is 13.0. The highest BCUT2D eigenvalue weighted by atomic mass is 32.1. The minimum absolute atomic E-state index is 0.125. The van der Waals surface area contributed by atoms with Crippen molar-refractivity contribution in [1.29, 1.82) is 0 Å².